The van der Waals surface area contributed by atoms with Crippen LogP contribution in [0, 0.1) is 44.2 Å². The first-order chi connectivity index (χ1) is 66.2. The molecule has 15 aromatic carbocycles. The fourth-order valence-electron chi connectivity index (χ4n) is 17.8. The van der Waals surface area contributed by atoms with E-state index < -0.39 is 8.07 Å². The summed E-state index contributed by atoms with van der Waals surface area (Å²) in [5, 5.41) is 1.48. The molecule has 0 saturated carbocycles. The fraction of sp³-hybridized carbons (Fsp3) is 0.160. The van der Waals surface area contributed by atoms with Crippen LogP contribution in [-0.4, -0.2) is 55.8 Å². The summed E-state index contributed by atoms with van der Waals surface area (Å²) in [6.07, 6.45) is 19.7. The summed E-state index contributed by atoms with van der Waals surface area (Å²) >= 11 is 0. The molecule has 0 bridgehead atoms. The van der Waals surface area contributed by atoms with Gasteiger partial charge in [0.1, 0.15) is 0 Å². The smallest absolute Gasteiger partial charge is 0.0803 e. The molecule has 0 N–H and O–H groups in total. The molecule has 0 saturated heterocycles. The van der Waals surface area contributed by atoms with Crippen LogP contribution >= 0.6 is 0 Å². The fourth-order valence-corrected chi connectivity index (χ4v) is 19.4. The Bertz CT molecular complexity index is 7310. The van der Waals surface area contributed by atoms with Crippen molar-refractivity contribution >= 4 is 13.3 Å². The van der Waals surface area contributed by atoms with Crippen molar-refractivity contribution in [2.45, 2.75) is 132 Å². The van der Waals surface area contributed by atoms with Crippen LogP contribution in [0.2, 0.25) is 19.6 Å². The van der Waals surface area contributed by atoms with Crippen molar-refractivity contribution in [2.24, 2.45) is 0 Å². The average molecular weight is 2750 g/mol. The molecule has 0 amide bonds. The summed E-state index contributed by atoms with van der Waals surface area (Å²) in [5.74, 6) is 6.62. The zero-order valence-corrected chi connectivity index (χ0v) is 95.2. The Kier molecular flexibility index (Phi) is 39.9. The molecular formula is C125H117Ir5N10Si-5. The Labute approximate surface area is 903 Å². The van der Waals surface area contributed by atoms with E-state index in [2.05, 4.69) is 468 Å². The van der Waals surface area contributed by atoms with E-state index in [4.69, 9.17) is 4.98 Å². The molecule has 141 heavy (non-hydrogen) atoms. The van der Waals surface area contributed by atoms with Gasteiger partial charge in [0.15, 0.2) is 0 Å². The molecule has 0 aliphatic carbocycles. The number of benzene rings is 15. The first-order valence-corrected chi connectivity index (χ1v) is 50.7. The van der Waals surface area contributed by atoms with Crippen molar-refractivity contribution in [3.63, 3.8) is 0 Å². The van der Waals surface area contributed by atoms with Crippen molar-refractivity contribution in [2.75, 3.05) is 0 Å². The van der Waals surface area contributed by atoms with Crippen molar-refractivity contribution < 1.29 is 101 Å². The van der Waals surface area contributed by atoms with Crippen LogP contribution in [-0.2, 0) is 101 Å². The SMILES string of the molecule is CC(C)c1cc(-c2ccccc2)cc(-c2ccccc2)c1-n1ccnc1-c1[c-]cccc1.CC(C)c1cccc(-c2ccccc2)c1-n1ccnc1-c1[c-]cccc1.CC(C)c1cccc([Si](C)(C)C)c1-n1ccnc1-c1[c-]cccc1.Cc1cc[c-]c(-c2nccn2-c2c(-c3ccccc3)cccc2C(C)C)c1.Cc1ccccc1-c1cccc(C(C)C)c1-n1ccnc1-c1[c-]cccc1.[Ir].[Ir].[Ir].[Ir].[Ir]. The normalized spacial score (nSPS) is 10.8. The Hall–Kier alpha value is -12.2. The molecule has 0 atom stereocenters. The van der Waals surface area contributed by atoms with E-state index in [9.17, 15) is 0 Å². The molecule has 5 aromatic heterocycles. The third-order valence-corrected chi connectivity index (χ3v) is 26.5. The maximum atomic E-state index is 4.71. The monoisotopic (exact) mass is 2750 g/mol. The molecule has 16 heteroatoms. The van der Waals surface area contributed by atoms with Gasteiger partial charge in [-0.15, -0.1) is 179 Å². The van der Waals surface area contributed by atoms with Crippen LogP contribution < -0.4 is 5.19 Å². The van der Waals surface area contributed by atoms with Crippen molar-refractivity contribution in [3.05, 3.63) is 477 Å². The van der Waals surface area contributed by atoms with Gasteiger partial charge in [-0.25, -0.2) is 0 Å². The summed E-state index contributed by atoms with van der Waals surface area (Å²) < 4.78 is 11.1. The molecule has 20 rings (SSSR count). The van der Waals surface area contributed by atoms with Gasteiger partial charge in [0, 0.05) is 213 Å². The Morgan fingerprint density at radius 2 is 0.511 bits per heavy atom. The second kappa shape index (κ2) is 51.5. The number of nitrogens with zero attached hydrogens (tertiary/aromatic N) is 10. The van der Waals surface area contributed by atoms with Crippen molar-refractivity contribution in [3.8, 4) is 141 Å². The first kappa shape index (κ1) is 109. The van der Waals surface area contributed by atoms with Gasteiger partial charge in [-0.3, -0.25) is 24.9 Å². The molecule has 0 spiro atoms. The number of rotatable bonds is 21. The molecule has 0 unspecified atom stereocenters. The molecule has 0 aliphatic heterocycles. The number of aryl methyl sites for hydroxylation is 2. The molecule has 10 nitrogen and oxygen atoms in total. The van der Waals surface area contributed by atoms with Crippen LogP contribution in [0.4, 0.5) is 0 Å². The number of hydrogen-bond acceptors (Lipinski definition) is 5. The summed E-state index contributed by atoms with van der Waals surface area (Å²) in [4.78, 5) is 23.3. The minimum atomic E-state index is -1.49. The van der Waals surface area contributed by atoms with E-state index >= 15 is 0 Å². The molecule has 20 aromatic rings. The Morgan fingerprint density at radius 1 is 0.227 bits per heavy atom. The molecule has 721 valence electrons. The quantitative estimate of drug-likeness (QED) is 0.0528. The van der Waals surface area contributed by atoms with Gasteiger partial charge in [0.05, 0.1) is 37.2 Å². The second-order valence-electron chi connectivity index (χ2n) is 36.7. The van der Waals surface area contributed by atoms with Crippen LogP contribution in [0.3, 0.4) is 0 Å². The molecule has 0 fully saturated rings. The van der Waals surface area contributed by atoms with E-state index in [1.54, 1.807) is 0 Å². The minimum Gasteiger partial charge on any atom is -0.340 e. The predicted molar refractivity (Wildman–Crippen MR) is 569 cm³/mol. The van der Waals surface area contributed by atoms with Gasteiger partial charge in [-0.05, 0) is 121 Å². The third kappa shape index (κ3) is 25.7. The summed E-state index contributed by atoms with van der Waals surface area (Å²) in [6, 6.07) is 137. The number of hydrogen-bond donors (Lipinski definition) is 0. The van der Waals surface area contributed by atoms with Crippen molar-refractivity contribution in [1.82, 2.24) is 47.8 Å². The molecule has 5 heterocycles. The van der Waals surface area contributed by atoms with E-state index in [1.165, 1.54) is 128 Å². The standard InChI is InChI=1S/C30H25N2.2C25H23N2.C24H21N2.C21H25N2Si.5Ir/c1-22(2)27-20-26(23-12-6-3-7-13-23)21-28(24-14-8-4-9-15-24)29(27)32-19-18-31-30(32)25-16-10-5-11-17-25;1-18(2)22-13-8-14-23(20-10-5-4-6-11-20)24(22)27-16-15-26-25(27)21-12-7-9-19(3)17-21;1-18(2)21-14-9-15-23(22-13-8-7-10-19(22)3)24(21)27-17-16-26-25(27)20-11-5-4-6-12-20;1-18(2)21-14-9-15-22(19-10-5-3-6-11-19)23(21)26-17-16-25-24(26)20-12-7-4-8-13-20;1-16(2)18-12-9-13-19(24(3,4)5)20(18)23-15-14-22-21(23)17-10-7-6-8-11-17;;;;;/h3-16,18-22H,1-2H3;2*4-11,13-18H,1-3H3;3-12,14-18H,1-2H3;6-10,12-16H,1-5H3;;;;;/q5*-1;;;;;. The van der Waals surface area contributed by atoms with E-state index in [0.29, 0.717) is 29.6 Å². The van der Waals surface area contributed by atoms with Crippen LogP contribution in [0.15, 0.2) is 408 Å². The second-order valence-corrected chi connectivity index (χ2v) is 41.8. The zero-order chi connectivity index (χ0) is 94.8. The number of para-hydroxylation sites is 4. The summed E-state index contributed by atoms with van der Waals surface area (Å²) in [5.41, 5.74) is 32.4. The van der Waals surface area contributed by atoms with Crippen LogP contribution in [0.25, 0.3) is 141 Å². The van der Waals surface area contributed by atoms with E-state index in [-0.39, 0.29) is 101 Å². The van der Waals surface area contributed by atoms with Crippen LogP contribution in [0.5, 0.6) is 0 Å². The van der Waals surface area contributed by atoms with Crippen LogP contribution in [0.1, 0.15) is 138 Å². The average Bonchev–Trinajstić information content (AvgIpc) is 1.75. The molecule has 5 radical (unpaired) electrons. The summed E-state index contributed by atoms with van der Waals surface area (Å²) in [7, 11) is -1.49. The minimum absolute atomic E-state index is 0. The zero-order valence-electron chi connectivity index (χ0n) is 82.2. The van der Waals surface area contributed by atoms with Gasteiger partial charge in [0.25, 0.3) is 0 Å². The summed E-state index contributed by atoms with van der Waals surface area (Å²) in [6.45, 7) is 33.9. The number of aromatic nitrogens is 10. The van der Waals surface area contributed by atoms with Crippen molar-refractivity contribution in [1.29, 1.82) is 0 Å². The third-order valence-electron chi connectivity index (χ3n) is 24.5. The van der Waals surface area contributed by atoms with Gasteiger partial charge >= 0.3 is 0 Å². The number of imidazole rings is 5. The largest absolute Gasteiger partial charge is 0.340 e. The Morgan fingerprint density at radius 3 is 0.851 bits per heavy atom. The topological polar surface area (TPSA) is 89.1 Å². The maximum absolute atomic E-state index is 4.71. The van der Waals surface area contributed by atoms with E-state index in [1.807, 2.05) is 116 Å². The molecule has 0 aliphatic rings. The maximum Gasteiger partial charge on any atom is 0.0803 e. The van der Waals surface area contributed by atoms with Gasteiger partial charge in [-0.2, -0.15) is 0 Å². The van der Waals surface area contributed by atoms with Gasteiger partial charge < -0.3 is 22.8 Å². The first-order valence-electron chi connectivity index (χ1n) is 47.2. The van der Waals surface area contributed by atoms with Gasteiger partial charge in [-0.1, -0.05) is 314 Å². The Balaban J connectivity index is 0.000000167. The van der Waals surface area contributed by atoms with Gasteiger partial charge in [0.2, 0.25) is 0 Å². The molecular weight excluding hydrogens is 2630 g/mol. The predicted octanol–water partition coefficient (Wildman–Crippen LogP) is 31.8. The van der Waals surface area contributed by atoms with E-state index in [0.717, 1.165) is 56.9 Å².